The molecule has 136 valence electrons. The number of halogens is 2. The lowest BCUT2D eigenvalue weighted by Crippen LogP contribution is -2.52. The van der Waals surface area contributed by atoms with Gasteiger partial charge in [0.2, 0.25) is 5.91 Å². The van der Waals surface area contributed by atoms with Crippen molar-refractivity contribution in [2.45, 2.75) is 44.2 Å². The first-order valence-corrected chi connectivity index (χ1v) is 8.19. The summed E-state index contributed by atoms with van der Waals surface area (Å²) in [5.74, 6) is -0.0271. The Morgan fingerprint density at radius 2 is 1.56 bits per heavy atom. The molecule has 1 aromatic heterocycles. The summed E-state index contributed by atoms with van der Waals surface area (Å²) in [6.45, 7) is 2.00. The van der Waals surface area contributed by atoms with E-state index in [1.54, 1.807) is 12.4 Å². The Labute approximate surface area is 161 Å². The van der Waals surface area contributed by atoms with Crippen molar-refractivity contribution >= 4 is 30.7 Å². The van der Waals surface area contributed by atoms with E-state index in [1.165, 1.54) is 0 Å². The van der Waals surface area contributed by atoms with Crippen LogP contribution in [0, 0.1) is 0 Å². The van der Waals surface area contributed by atoms with Crippen LogP contribution in [0.4, 0.5) is 0 Å². The molecule has 1 heterocycles. The van der Waals surface area contributed by atoms with Gasteiger partial charge in [0.15, 0.2) is 0 Å². The summed E-state index contributed by atoms with van der Waals surface area (Å²) in [4.78, 5) is 16.4. The summed E-state index contributed by atoms with van der Waals surface area (Å²) >= 11 is 0. The van der Waals surface area contributed by atoms with Gasteiger partial charge in [0.25, 0.3) is 0 Å². The summed E-state index contributed by atoms with van der Waals surface area (Å²) in [5, 5.41) is 3.06. The standard InChI is InChI=1S/C19H23N3O.2ClH/c1-14(22-18(23)19(20)10-2-3-11-19)15-4-6-16(7-5-15)17-8-12-21-13-9-17;;/h4-9,12-14H,2-3,10-11,20H2,1H3,(H,22,23);2*1H. The molecule has 25 heavy (non-hydrogen) atoms. The average molecular weight is 382 g/mol. The number of hydrogen-bond acceptors (Lipinski definition) is 3. The highest BCUT2D eigenvalue weighted by atomic mass is 35.5. The van der Waals surface area contributed by atoms with Gasteiger partial charge in [0.1, 0.15) is 0 Å². The molecule has 1 fully saturated rings. The summed E-state index contributed by atoms with van der Waals surface area (Å²) in [5.41, 5.74) is 8.89. The zero-order chi connectivity index (χ0) is 16.3. The van der Waals surface area contributed by atoms with E-state index in [1.807, 2.05) is 19.1 Å². The number of amides is 1. The van der Waals surface area contributed by atoms with Gasteiger partial charge in [-0.15, -0.1) is 24.8 Å². The van der Waals surface area contributed by atoms with Crippen LogP contribution in [-0.4, -0.2) is 16.4 Å². The number of nitrogens with two attached hydrogens (primary N) is 1. The number of nitrogens with zero attached hydrogens (tertiary/aromatic N) is 1. The van der Waals surface area contributed by atoms with E-state index in [0.717, 1.165) is 42.4 Å². The molecule has 1 aliphatic carbocycles. The number of benzene rings is 1. The van der Waals surface area contributed by atoms with Gasteiger partial charge in [0.05, 0.1) is 11.6 Å². The molecule has 1 aliphatic rings. The third kappa shape index (κ3) is 4.94. The minimum absolute atomic E-state index is 0. The third-order valence-electron chi connectivity index (χ3n) is 4.72. The van der Waals surface area contributed by atoms with Crippen molar-refractivity contribution in [3.8, 4) is 11.1 Å². The van der Waals surface area contributed by atoms with Crippen molar-refractivity contribution in [2.75, 3.05) is 0 Å². The Kier molecular flexibility index (Phi) is 7.87. The van der Waals surface area contributed by atoms with Crippen LogP contribution in [0.3, 0.4) is 0 Å². The number of hydrogen-bond donors (Lipinski definition) is 2. The average Bonchev–Trinajstić information content (AvgIpc) is 3.04. The van der Waals surface area contributed by atoms with Crippen molar-refractivity contribution in [3.63, 3.8) is 0 Å². The largest absolute Gasteiger partial charge is 0.348 e. The predicted molar refractivity (Wildman–Crippen MR) is 106 cm³/mol. The molecule has 1 amide bonds. The van der Waals surface area contributed by atoms with Crippen molar-refractivity contribution in [1.82, 2.24) is 10.3 Å². The van der Waals surface area contributed by atoms with Crippen molar-refractivity contribution < 1.29 is 4.79 Å². The van der Waals surface area contributed by atoms with Gasteiger partial charge >= 0.3 is 0 Å². The van der Waals surface area contributed by atoms with Crippen molar-refractivity contribution in [3.05, 3.63) is 54.4 Å². The number of aromatic nitrogens is 1. The highest BCUT2D eigenvalue weighted by Crippen LogP contribution is 2.28. The maximum absolute atomic E-state index is 12.4. The van der Waals surface area contributed by atoms with E-state index in [4.69, 9.17) is 5.73 Å². The molecule has 3 rings (SSSR count). The second kappa shape index (κ2) is 9.18. The van der Waals surface area contributed by atoms with Gasteiger partial charge < -0.3 is 11.1 Å². The third-order valence-corrected chi connectivity index (χ3v) is 4.72. The van der Waals surface area contributed by atoms with Gasteiger partial charge in [-0.05, 0) is 48.6 Å². The molecule has 3 N–H and O–H groups in total. The first-order chi connectivity index (χ1) is 11.1. The number of rotatable bonds is 4. The molecule has 6 heteroatoms. The van der Waals surface area contributed by atoms with Crippen LogP contribution in [0.5, 0.6) is 0 Å². The van der Waals surface area contributed by atoms with Gasteiger partial charge in [-0.3, -0.25) is 9.78 Å². The molecule has 0 aliphatic heterocycles. The summed E-state index contributed by atoms with van der Waals surface area (Å²) in [6.07, 6.45) is 7.22. The van der Waals surface area contributed by atoms with E-state index in [0.29, 0.717) is 0 Å². The van der Waals surface area contributed by atoms with Gasteiger partial charge in [-0.25, -0.2) is 0 Å². The van der Waals surface area contributed by atoms with Crippen LogP contribution in [0.25, 0.3) is 11.1 Å². The zero-order valence-electron chi connectivity index (χ0n) is 14.3. The van der Waals surface area contributed by atoms with E-state index in [2.05, 4.69) is 34.6 Å². The van der Waals surface area contributed by atoms with Gasteiger partial charge in [-0.1, -0.05) is 37.1 Å². The van der Waals surface area contributed by atoms with Gasteiger partial charge in [-0.2, -0.15) is 0 Å². The van der Waals surface area contributed by atoms with Gasteiger partial charge in [0, 0.05) is 12.4 Å². The second-order valence-corrected chi connectivity index (χ2v) is 6.42. The molecule has 0 saturated heterocycles. The highest BCUT2D eigenvalue weighted by molar-refractivity contribution is 5.86. The minimum atomic E-state index is -0.675. The smallest absolute Gasteiger partial charge is 0.240 e. The lowest BCUT2D eigenvalue weighted by Gasteiger charge is -2.25. The highest BCUT2D eigenvalue weighted by Gasteiger charge is 2.37. The quantitative estimate of drug-likeness (QED) is 0.839. The summed E-state index contributed by atoms with van der Waals surface area (Å²) in [7, 11) is 0. The topological polar surface area (TPSA) is 68.0 Å². The van der Waals surface area contributed by atoms with Crippen molar-refractivity contribution in [1.29, 1.82) is 0 Å². The van der Waals surface area contributed by atoms with E-state index < -0.39 is 5.54 Å². The molecule has 1 atom stereocenters. The van der Waals surface area contributed by atoms with E-state index in [-0.39, 0.29) is 36.8 Å². The number of nitrogens with one attached hydrogen (secondary N) is 1. The Morgan fingerprint density at radius 3 is 2.12 bits per heavy atom. The van der Waals surface area contributed by atoms with E-state index in [9.17, 15) is 4.79 Å². The molecule has 1 saturated carbocycles. The van der Waals surface area contributed by atoms with Crippen LogP contribution < -0.4 is 11.1 Å². The van der Waals surface area contributed by atoms with E-state index >= 15 is 0 Å². The zero-order valence-corrected chi connectivity index (χ0v) is 15.9. The fourth-order valence-corrected chi connectivity index (χ4v) is 3.17. The molecule has 0 radical (unpaired) electrons. The number of pyridine rings is 1. The maximum atomic E-state index is 12.4. The Hall–Kier alpha value is -1.62. The molecular weight excluding hydrogens is 357 g/mol. The summed E-state index contributed by atoms with van der Waals surface area (Å²) in [6, 6.07) is 12.2. The summed E-state index contributed by atoms with van der Waals surface area (Å²) < 4.78 is 0. The van der Waals surface area contributed by atoms with Crippen LogP contribution in [0.1, 0.15) is 44.2 Å². The first kappa shape index (κ1) is 21.4. The molecule has 0 bridgehead atoms. The van der Waals surface area contributed by atoms with Crippen LogP contribution in [-0.2, 0) is 4.79 Å². The first-order valence-electron chi connectivity index (χ1n) is 8.19. The SMILES string of the molecule is CC(NC(=O)C1(N)CCCC1)c1ccc(-c2ccncc2)cc1.Cl.Cl. The van der Waals surface area contributed by atoms with Crippen molar-refractivity contribution in [2.24, 2.45) is 5.73 Å². The molecule has 4 nitrogen and oxygen atoms in total. The Bertz CT molecular complexity index is 671. The maximum Gasteiger partial charge on any atom is 0.240 e. The van der Waals surface area contributed by atoms with Crippen LogP contribution in [0.2, 0.25) is 0 Å². The van der Waals surface area contributed by atoms with Crippen LogP contribution >= 0.6 is 24.8 Å². The molecule has 1 unspecified atom stereocenters. The number of carbonyl (C=O) groups excluding carboxylic acids is 1. The fourth-order valence-electron chi connectivity index (χ4n) is 3.17. The lowest BCUT2D eigenvalue weighted by atomic mass is 9.96. The molecule has 0 spiro atoms. The second-order valence-electron chi connectivity index (χ2n) is 6.42. The molecular formula is C19H25Cl2N3O. The normalized spacial score (nSPS) is 16.2. The Balaban J connectivity index is 0.00000156. The predicted octanol–water partition coefficient (Wildman–Crippen LogP) is 4.04. The monoisotopic (exact) mass is 381 g/mol. The van der Waals surface area contributed by atoms with Crippen LogP contribution in [0.15, 0.2) is 48.8 Å². The number of carbonyl (C=O) groups is 1. The fraction of sp³-hybridized carbons (Fsp3) is 0.368. The molecule has 2 aromatic rings. The molecule has 1 aromatic carbocycles. The minimum Gasteiger partial charge on any atom is -0.348 e. The lowest BCUT2D eigenvalue weighted by molar-refractivity contribution is -0.126. The Morgan fingerprint density at radius 1 is 1.04 bits per heavy atom.